The van der Waals surface area contributed by atoms with Crippen molar-refractivity contribution in [2.24, 2.45) is 11.3 Å². The fourth-order valence-electron chi connectivity index (χ4n) is 2.99. The zero-order valence-corrected chi connectivity index (χ0v) is 13.6. The van der Waals surface area contributed by atoms with E-state index >= 15 is 0 Å². The number of rotatable bonds is 3. The maximum absolute atomic E-state index is 12.1. The first-order valence-electron chi connectivity index (χ1n) is 7.85. The minimum absolute atomic E-state index is 0.112. The van der Waals surface area contributed by atoms with Crippen LogP contribution in [0.1, 0.15) is 33.6 Å². The van der Waals surface area contributed by atoms with E-state index < -0.39 is 0 Å². The predicted molar refractivity (Wildman–Crippen MR) is 83.0 cm³/mol. The lowest BCUT2D eigenvalue weighted by Crippen LogP contribution is -2.48. The van der Waals surface area contributed by atoms with Crippen molar-refractivity contribution in [2.75, 3.05) is 26.2 Å². The van der Waals surface area contributed by atoms with E-state index in [2.05, 4.69) is 26.1 Å². The van der Waals surface area contributed by atoms with Crippen LogP contribution in [0.25, 0.3) is 0 Å². The van der Waals surface area contributed by atoms with E-state index in [1.165, 1.54) is 12.2 Å². The normalized spacial score (nSPS) is 20.0. The van der Waals surface area contributed by atoms with E-state index in [0.29, 0.717) is 5.92 Å². The Morgan fingerprint density at radius 2 is 1.73 bits per heavy atom. The lowest BCUT2D eigenvalue weighted by atomic mass is 9.75. The number of urea groups is 1. The lowest BCUT2D eigenvalue weighted by molar-refractivity contribution is -0.136. The third kappa shape index (κ3) is 3.87. The molecule has 2 aliphatic heterocycles. The highest BCUT2D eigenvalue weighted by Gasteiger charge is 2.30. The van der Waals surface area contributed by atoms with Crippen LogP contribution >= 0.6 is 0 Å². The predicted octanol–water partition coefficient (Wildman–Crippen LogP) is 1.38. The highest BCUT2D eigenvalue weighted by atomic mass is 16.2. The SMILES string of the molecule is CC(C)(C)C1CCN(C(=O)NCCN2C(=O)C=CC2=O)CC1. The molecule has 0 aliphatic carbocycles. The van der Waals surface area contributed by atoms with Crippen molar-refractivity contribution >= 4 is 17.8 Å². The zero-order valence-electron chi connectivity index (χ0n) is 13.6. The Labute approximate surface area is 131 Å². The minimum atomic E-state index is -0.315. The van der Waals surface area contributed by atoms with Crippen LogP contribution in [-0.2, 0) is 9.59 Å². The van der Waals surface area contributed by atoms with Crippen LogP contribution < -0.4 is 5.32 Å². The van der Waals surface area contributed by atoms with Crippen molar-refractivity contribution in [3.05, 3.63) is 12.2 Å². The molecule has 6 nitrogen and oxygen atoms in total. The summed E-state index contributed by atoms with van der Waals surface area (Å²) < 4.78 is 0. The van der Waals surface area contributed by atoms with Crippen molar-refractivity contribution in [1.29, 1.82) is 0 Å². The summed E-state index contributed by atoms with van der Waals surface area (Å²) >= 11 is 0. The van der Waals surface area contributed by atoms with Gasteiger partial charge < -0.3 is 10.2 Å². The van der Waals surface area contributed by atoms with Crippen molar-refractivity contribution in [2.45, 2.75) is 33.6 Å². The summed E-state index contributed by atoms with van der Waals surface area (Å²) in [4.78, 5) is 37.8. The summed E-state index contributed by atoms with van der Waals surface area (Å²) in [6.45, 7) is 8.75. The molecular weight excluding hydrogens is 282 g/mol. The Kier molecular flexibility index (Phi) is 4.88. The van der Waals surface area contributed by atoms with Gasteiger partial charge in [-0.2, -0.15) is 0 Å². The van der Waals surface area contributed by atoms with E-state index in [0.717, 1.165) is 30.8 Å². The fourth-order valence-corrected chi connectivity index (χ4v) is 2.99. The highest BCUT2D eigenvalue weighted by molar-refractivity contribution is 6.12. The molecule has 0 aromatic rings. The van der Waals surface area contributed by atoms with Crippen LogP contribution in [0.15, 0.2) is 12.2 Å². The van der Waals surface area contributed by atoms with Crippen LogP contribution in [0.2, 0.25) is 0 Å². The molecule has 1 N–H and O–H groups in total. The van der Waals surface area contributed by atoms with Gasteiger partial charge in [-0.15, -0.1) is 0 Å². The number of carbonyl (C=O) groups is 3. The number of carbonyl (C=O) groups excluding carboxylic acids is 3. The first-order valence-corrected chi connectivity index (χ1v) is 7.85. The highest BCUT2D eigenvalue weighted by Crippen LogP contribution is 2.34. The molecular formula is C16H25N3O3. The monoisotopic (exact) mass is 307 g/mol. The first kappa shape index (κ1) is 16.5. The molecule has 2 rings (SSSR count). The number of amides is 4. The van der Waals surface area contributed by atoms with Crippen LogP contribution in [0.5, 0.6) is 0 Å². The molecule has 4 amide bonds. The van der Waals surface area contributed by atoms with E-state index in [1.807, 2.05) is 4.90 Å². The van der Waals surface area contributed by atoms with Gasteiger partial charge in [0.15, 0.2) is 0 Å². The van der Waals surface area contributed by atoms with Gasteiger partial charge in [0.05, 0.1) is 0 Å². The van der Waals surface area contributed by atoms with Crippen molar-refractivity contribution < 1.29 is 14.4 Å². The minimum Gasteiger partial charge on any atom is -0.336 e. The Morgan fingerprint density at radius 3 is 2.23 bits per heavy atom. The topological polar surface area (TPSA) is 69.7 Å². The molecule has 1 fully saturated rings. The second kappa shape index (κ2) is 6.50. The summed E-state index contributed by atoms with van der Waals surface area (Å²) in [5, 5.41) is 2.79. The average molecular weight is 307 g/mol. The summed E-state index contributed by atoms with van der Waals surface area (Å²) in [6.07, 6.45) is 4.54. The van der Waals surface area contributed by atoms with Crippen molar-refractivity contribution in [3.63, 3.8) is 0 Å². The van der Waals surface area contributed by atoms with Gasteiger partial charge in [-0.1, -0.05) is 20.8 Å². The van der Waals surface area contributed by atoms with Gasteiger partial charge >= 0.3 is 6.03 Å². The number of hydrogen-bond donors (Lipinski definition) is 1. The van der Waals surface area contributed by atoms with Crippen LogP contribution in [0.3, 0.4) is 0 Å². The lowest BCUT2D eigenvalue weighted by Gasteiger charge is -2.38. The number of hydrogen-bond acceptors (Lipinski definition) is 3. The molecule has 0 aromatic heterocycles. The second-order valence-electron chi connectivity index (χ2n) is 7.02. The number of piperidine rings is 1. The molecule has 0 saturated carbocycles. The smallest absolute Gasteiger partial charge is 0.317 e. The van der Waals surface area contributed by atoms with Gasteiger partial charge in [0.25, 0.3) is 11.8 Å². The molecule has 0 atom stereocenters. The van der Waals surface area contributed by atoms with Crippen molar-refractivity contribution in [1.82, 2.24) is 15.1 Å². The fraction of sp³-hybridized carbons (Fsp3) is 0.688. The molecule has 0 bridgehead atoms. The summed E-state index contributed by atoms with van der Waals surface area (Å²) in [5.41, 5.74) is 0.284. The molecule has 0 unspecified atom stereocenters. The molecule has 0 aromatic carbocycles. The third-order valence-electron chi connectivity index (χ3n) is 4.52. The Bertz CT molecular complexity index is 467. The van der Waals surface area contributed by atoms with Crippen LogP contribution in [0, 0.1) is 11.3 Å². The zero-order chi connectivity index (χ0) is 16.3. The number of nitrogens with one attached hydrogen (secondary N) is 1. The quantitative estimate of drug-likeness (QED) is 0.801. The van der Waals surface area contributed by atoms with E-state index in [1.54, 1.807) is 0 Å². The van der Waals surface area contributed by atoms with E-state index in [4.69, 9.17) is 0 Å². The van der Waals surface area contributed by atoms with Crippen LogP contribution in [-0.4, -0.2) is 53.8 Å². The summed E-state index contributed by atoms with van der Waals surface area (Å²) in [7, 11) is 0. The number of nitrogens with zero attached hydrogens (tertiary/aromatic N) is 2. The van der Waals surface area contributed by atoms with Gasteiger partial charge in [0.2, 0.25) is 0 Å². The van der Waals surface area contributed by atoms with Gasteiger partial charge in [-0.05, 0) is 24.2 Å². The van der Waals surface area contributed by atoms with Crippen molar-refractivity contribution in [3.8, 4) is 0 Å². The largest absolute Gasteiger partial charge is 0.336 e. The van der Waals surface area contributed by atoms with Gasteiger partial charge in [-0.25, -0.2) is 4.79 Å². The summed E-state index contributed by atoms with van der Waals surface area (Å²) in [5.74, 6) is 0.0120. The number of likely N-dealkylation sites (tertiary alicyclic amines) is 1. The second-order valence-corrected chi connectivity index (χ2v) is 7.02. The van der Waals surface area contributed by atoms with Gasteiger partial charge in [0, 0.05) is 38.3 Å². The average Bonchev–Trinajstić information content (AvgIpc) is 2.78. The Balaban J connectivity index is 1.71. The standard InChI is InChI=1S/C16H25N3O3/c1-16(2,3)12-6-9-18(10-7-12)15(22)17-8-11-19-13(20)4-5-14(19)21/h4-5,12H,6-11H2,1-3H3,(H,17,22). The Hall–Kier alpha value is -1.85. The molecule has 122 valence electrons. The molecule has 1 saturated heterocycles. The summed E-state index contributed by atoms with van der Waals surface area (Å²) in [6, 6.07) is -0.112. The molecule has 2 aliphatic rings. The van der Waals surface area contributed by atoms with Gasteiger partial charge in [-0.3, -0.25) is 14.5 Å². The molecule has 6 heteroatoms. The van der Waals surface area contributed by atoms with Crippen LogP contribution in [0.4, 0.5) is 4.79 Å². The Morgan fingerprint density at radius 1 is 1.18 bits per heavy atom. The van der Waals surface area contributed by atoms with Gasteiger partial charge in [0.1, 0.15) is 0 Å². The third-order valence-corrected chi connectivity index (χ3v) is 4.52. The maximum Gasteiger partial charge on any atom is 0.317 e. The molecule has 0 radical (unpaired) electrons. The number of imide groups is 1. The molecule has 2 heterocycles. The van der Waals surface area contributed by atoms with E-state index in [-0.39, 0.29) is 36.3 Å². The molecule has 0 spiro atoms. The maximum atomic E-state index is 12.1. The molecule has 22 heavy (non-hydrogen) atoms. The van der Waals surface area contributed by atoms with E-state index in [9.17, 15) is 14.4 Å². The first-order chi connectivity index (χ1) is 10.3.